The first-order valence-corrected chi connectivity index (χ1v) is 14.2. The molecule has 2 aliphatic rings. The van der Waals surface area contributed by atoms with E-state index in [0.717, 1.165) is 22.6 Å². The van der Waals surface area contributed by atoms with Gasteiger partial charge in [0, 0.05) is 12.2 Å². The fraction of sp³-hybridized carbons (Fsp3) is 0.261. The number of amidine groups is 1. The van der Waals surface area contributed by atoms with Crippen LogP contribution < -0.4 is 10.2 Å². The van der Waals surface area contributed by atoms with Crippen LogP contribution in [0.2, 0.25) is 4.34 Å². The number of hydrogen-bond donors (Lipinski definition) is 3. The number of aromatic nitrogens is 2. The van der Waals surface area contributed by atoms with Crippen LogP contribution in [0.1, 0.15) is 37.1 Å². The SMILES string of the molecule is CS(=O)(=O)O.Cc1nc2c(c(NC(=O)c3ccc(Cl)s3)n1)C(=O)N(Cc1cccc(N3CCOC3=N)c1)C2. The van der Waals surface area contributed by atoms with E-state index in [9.17, 15) is 18.0 Å². The number of anilines is 2. The Kier molecular flexibility index (Phi) is 7.97. The molecule has 0 radical (unpaired) electrons. The lowest BCUT2D eigenvalue weighted by molar-refractivity contribution is 0.0767. The molecule has 0 spiro atoms. The van der Waals surface area contributed by atoms with Gasteiger partial charge in [-0.15, -0.1) is 11.3 Å². The lowest BCUT2D eigenvalue weighted by Crippen LogP contribution is -2.26. The highest BCUT2D eigenvalue weighted by molar-refractivity contribution is 7.85. The molecule has 3 N–H and O–H groups in total. The largest absolute Gasteiger partial charge is 0.463 e. The van der Waals surface area contributed by atoms with Crippen LogP contribution in [0.5, 0.6) is 0 Å². The van der Waals surface area contributed by atoms with E-state index in [1.54, 1.807) is 28.9 Å². The number of carbonyl (C=O) groups excluding carboxylic acids is 2. The summed E-state index contributed by atoms with van der Waals surface area (Å²) in [5.74, 6) is 0.0574. The van der Waals surface area contributed by atoms with Gasteiger partial charge in [0.05, 0.1) is 34.3 Å². The third-order valence-corrected chi connectivity index (χ3v) is 6.59. The molecule has 3 aromatic rings. The molecular weight excluding hydrogens is 556 g/mol. The minimum Gasteiger partial charge on any atom is -0.463 e. The monoisotopic (exact) mass is 578 g/mol. The van der Waals surface area contributed by atoms with E-state index < -0.39 is 10.1 Å². The Labute approximate surface area is 227 Å². The summed E-state index contributed by atoms with van der Waals surface area (Å²) in [6, 6.07) is 11.1. The number of amides is 2. The molecule has 38 heavy (non-hydrogen) atoms. The summed E-state index contributed by atoms with van der Waals surface area (Å²) in [5.41, 5.74) is 2.65. The number of ether oxygens (including phenoxy) is 1. The van der Waals surface area contributed by atoms with Crippen LogP contribution in [0.3, 0.4) is 0 Å². The van der Waals surface area contributed by atoms with Gasteiger partial charge in [-0.1, -0.05) is 23.7 Å². The van der Waals surface area contributed by atoms with E-state index in [1.807, 2.05) is 24.3 Å². The van der Waals surface area contributed by atoms with Crippen LogP contribution in [0, 0.1) is 12.3 Å². The third-order valence-electron chi connectivity index (χ3n) is 5.36. The van der Waals surface area contributed by atoms with Crippen LogP contribution in [0.4, 0.5) is 11.5 Å². The van der Waals surface area contributed by atoms with Gasteiger partial charge in [0.2, 0.25) is 0 Å². The van der Waals surface area contributed by atoms with Crippen molar-refractivity contribution in [1.82, 2.24) is 14.9 Å². The molecule has 12 nitrogen and oxygen atoms in total. The maximum atomic E-state index is 13.3. The van der Waals surface area contributed by atoms with Gasteiger partial charge in [0.1, 0.15) is 23.8 Å². The first-order chi connectivity index (χ1) is 17.9. The van der Waals surface area contributed by atoms with Crippen molar-refractivity contribution >= 4 is 62.4 Å². The number of nitrogens with one attached hydrogen (secondary N) is 2. The summed E-state index contributed by atoms with van der Waals surface area (Å²) in [4.78, 5) is 38.5. The number of halogens is 1. The van der Waals surface area contributed by atoms with Crippen molar-refractivity contribution in [3.8, 4) is 0 Å². The molecule has 1 aromatic carbocycles. The van der Waals surface area contributed by atoms with Crippen molar-refractivity contribution in [2.45, 2.75) is 20.0 Å². The van der Waals surface area contributed by atoms with Gasteiger partial charge < -0.3 is 15.0 Å². The molecular formula is C23H23ClN6O6S2. The summed E-state index contributed by atoms with van der Waals surface area (Å²) < 4.78 is 31.6. The minimum absolute atomic E-state index is 0.120. The van der Waals surface area contributed by atoms with Crippen LogP contribution in [-0.2, 0) is 27.9 Å². The minimum atomic E-state index is -3.67. The predicted molar refractivity (Wildman–Crippen MR) is 143 cm³/mol. The molecule has 0 unspecified atom stereocenters. The summed E-state index contributed by atoms with van der Waals surface area (Å²) in [7, 11) is -3.67. The quantitative estimate of drug-likeness (QED) is 0.385. The lowest BCUT2D eigenvalue weighted by Gasteiger charge is -2.19. The maximum absolute atomic E-state index is 13.3. The zero-order valence-electron chi connectivity index (χ0n) is 20.3. The average Bonchev–Trinajstić information content (AvgIpc) is 3.52. The average molecular weight is 579 g/mol. The molecule has 2 aliphatic heterocycles. The van der Waals surface area contributed by atoms with Gasteiger partial charge in [0.15, 0.2) is 0 Å². The maximum Gasteiger partial charge on any atom is 0.289 e. The predicted octanol–water partition coefficient (Wildman–Crippen LogP) is 3.18. The van der Waals surface area contributed by atoms with Crippen molar-refractivity contribution in [3.63, 3.8) is 0 Å². The van der Waals surface area contributed by atoms with Gasteiger partial charge in [0.25, 0.3) is 28.0 Å². The molecule has 0 bridgehead atoms. The van der Waals surface area contributed by atoms with Crippen LogP contribution in [0.25, 0.3) is 0 Å². The van der Waals surface area contributed by atoms with Crippen molar-refractivity contribution in [3.05, 3.63) is 68.3 Å². The van der Waals surface area contributed by atoms with Gasteiger partial charge in [-0.25, -0.2) is 9.97 Å². The molecule has 0 aliphatic carbocycles. The van der Waals surface area contributed by atoms with Gasteiger partial charge in [-0.05, 0) is 36.8 Å². The van der Waals surface area contributed by atoms with E-state index in [0.29, 0.717) is 58.8 Å². The van der Waals surface area contributed by atoms with E-state index in [4.69, 9.17) is 26.3 Å². The number of nitrogens with zero attached hydrogens (tertiary/aromatic N) is 4. The molecule has 0 atom stereocenters. The van der Waals surface area contributed by atoms with Gasteiger partial charge in [-0.2, -0.15) is 8.42 Å². The molecule has 1 saturated heterocycles. The standard InChI is InChI=1S/C22H19ClN6O3S.CH4O3S/c1-12-25-15-11-28(10-13-3-2-4-14(9-13)29-7-8-32-22(29)24)21(31)18(15)19(26-12)27-20(30)16-5-6-17(23)33-16;1-5(2,3)4/h2-6,9,24H,7-8,10-11H2,1H3,(H,25,26,27,30);1H3,(H,2,3,4). The number of fused-ring (bicyclic) bond motifs is 1. The summed E-state index contributed by atoms with van der Waals surface area (Å²) in [6.45, 7) is 3.49. The molecule has 4 heterocycles. The van der Waals surface area contributed by atoms with Crippen molar-refractivity contribution in [2.75, 3.05) is 29.6 Å². The van der Waals surface area contributed by atoms with Crippen molar-refractivity contribution < 1.29 is 27.3 Å². The van der Waals surface area contributed by atoms with Crippen LogP contribution in [0.15, 0.2) is 36.4 Å². The molecule has 2 aromatic heterocycles. The molecule has 15 heteroatoms. The van der Waals surface area contributed by atoms with E-state index in [2.05, 4.69) is 15.3 Å². The Balaban J connectivity index is 0.000000617. The molecule has 5 rings (SSSR count). The zero-order valence-corrected chi connectivity index (χ0v) is 22.7. The number of hydrogen-bond acceptors (Lipinski definition) is 9. The molecule has 0 saturated carbocycles. The van der Waals surface area contributed by atoms with Gasteiger partial charge in [-0.3, -0.25) is 24.5 Å². The van der Waals surface area contributed by atoms with Crippen LogP contribution >= 0.6 is 22.9 Å². The Hall–Kier alpha value is -3.59. The Morgan fingerprint density at radius 3 is 2.66 bits per heavy atom. The van der Waals surface area contributed by atoms with Gasteiger partial charge >= 0.3 is 0 Å². The normalized spacial score (nSPS) is 14.6. The fourth-order valence-corrected chi connectivity index (χ4v) is 4.84. The fourth-order valence-electron chi connectivity index (χ4n) is 3.91. The topological polar surface area (TPSA) is 166 Å². The number of benzene rings is 1. The lowest BCUT2D eigenvalue weighted by atomic mass is 10.1. The first kappa shape index (κ1) is 27.4. The van der Waals surface area contributed by atoms with Crippen molar-refractivity contribution in [1.29, 1.82) is 5.41 Å². The number of aryl methyl sites for hydroxylation is 1. The smallest absolute Gasteiger partial charge is 0.289 e. The second kappa shape index (κ2) is 11.0. The van der Waals surface area contributed by atoms with E-state index >= 15 is 0 Å². The third kappa shape index (κ3) is 6.64. The second-order valence-corrected chi connectivity index (χ2v) is 11.5. The zero-order chi connectivity index (χ0) is 27.6. The highest BCUT2D eigenvalue weighted by Crippen LogP contribution is 2.30. The van der Waals surface area contributed by atoms with E-state index in [1.165, 1.54) is 0 Å². The molecule has 200 valence electrons. The second-order valence-electron chi connectivity index (χ2n) is 8.37. The van der Waals surface area contributed by atoms with Crippen LogP contribution in [-0.4, -0.2) is 65.1 Å². The van der Waals surface area contributed by atoms with E-state index in [-0.39, 0.29) is 23.7 Å². The molecule has 1 fully saturated rings. The number of rotatable bonds is 5. The number of thiophene rings is 1. The van der Waals surface area contributed by atoms with Crippen molar-refractivity contribution in [2.24, 2.45) is 0 Å². The Morgan fingerprint density at radius 1 is 1.29 bits per heavy atom. The number of carbonyl (C=O) groups is 2. The highest BCUT2D eigenvalue weighted by atomic mass is 35.5. The first-order valence-electron chi connectivity index (χ1n) is 11.1. The highest BCUT2D eigenvalue weighted by Gasteiger charge is 2.33. The Bertz CT molecular complexity index is 1520. The summed E-state index contributed by atoms with van der Waals surface area (Å²) in [6.07, 6.45) is 0.715. The summed E-state index contributed by atoms with van der Waals surface area (Å²) >= 11 is 7.09. The summed E-state index contributed by atoms with van der Waals surface area (Å²) in [5, 5.41) is 10.7. The Morgan fingerprint density at radius 2 is 2.03 bits per heavy atom. The molecule has 2 amide bonds.